The van der Waals surface area contributed by atoms with Crippen LogP contribution < -0.4 is 9.64 Å². The molecule has 23 heavy (non-hydrogen) atoms. The molecule has 2 aliphatic rings. The summed E-state index contributed by atoms with van der Waals surface area (Å²) < 4.78 is 32.5. The Morgan fingerprint density at radius 2 is 2.04 bits per heavy atom. The molecule has 0 N–H and O–H groups in total. The summed E-state index contributed by atoms with van der Waals surface area (Å²) in [5, 5.41) is 0.378. The van der Waals surface area contributed by atoms with Crippen molar-refractivity contribution >= 4 is 23.6 Å². The molecule has 0 bridgehead atoms. The minimum absolute atomic E-state index is 0.174. The second-order valence-electron chi connectivity index (χ2n) is 6.21. The van der Waals surface area contributed by atoms with Crippen LogP contribution >= 0.6 is 11.6 Å². The van der Waals surface area contributed by atoms with E-state index in [1.165, 1.54) is 0 Å². The first-order valence-electron chi connectivity index (χ1n) is 8.04. The van der Waals surface area contributed by atoms with Crippen LogP contribution in [0.15, 0.2) is 6.07 Å². The maximum Gasteiger partial charge on any atom is 0.251 e. The zero-order valence-electron chi connectivity index (χ0n) is 13.1. The van der Waals surface area contributed by atoms with Crippen LogP contribution in [0.4, 0.5) is 14.5 Å². The molecular weight excluding hydrogens is 324 g/mol. The number of piperidine rings is 1. The summed E-state index contributed by atoms with van der Waals surface area (Å²) in [5.41, 5.74) is 2.20. The van der Waals surface area contributed by atoms with E-state index in [4.69, 9.17) is 16.3 Å². The van der Waals surface area contributed by atoms with E-state index in [9.17, 15) is 13.6 Å². The highest BCUT2D eigenvalue weighted by Crippen LogP contribution is 2.51. The highest BCUT2D eigenvalue weighted by molar-refractivity contribution is 6.35. The molecule has 0 aromatic heterocycles. The molecule has 1 aliphatic carbocycles. The Balaban J connectivity index is 2.03. The van der Waals surface area contributed by atoms with Crippen LogP contribution in [-0.2, 0) is 0 Å². The second kappa shape index (κ2) is 6.27. The summed E-state index contributed by atoms with van der Waals surface area (Å²) in [7, 11) is 0. The number of carbonyl (C=O) groups excluding carboxylic acids is 1. The van der Waals surface area contributed by atoms with Crippen LogP contribution in [0, 0.1) is 0 Å². The first-order valence-corrected chi connectivity index (χ1v) is 8.41. The number of benzene rings is 1. The van der Waals surface area contributed by atoms with Gasteiger partial charge in [0, 0.05) is 25.9 Å². The Labute approximate surface area is 139 Å². The van der Waals surface area contributed by atoms with E-state index < -0.39 is 5.92 Å². The van der Waals surface area contributed by atoms with E-state index in [0.29, 0.717) is 28.9 Å². The lowest BCUT2D eigenvalue weighted by Gasteiger charge is -2.35. The van der Waals surface area contributed by atoms with E-state index in [1.54, 1.807) is 0 Å². The van der Waals surface area contributed by atoms with E-state index in [0.717, 1.165) is 30.4 Å². The molecule has 3 rings (SSSR count). The molecule has 3 nitrogen and oxygen atoms in total. The molecule has 0 radical (unpaired) electrons. The molecule has 6 heteroatoms. The van der Waals surface area contributed by atoms with Gasteiger partial charge in [-0.25, -0.2) is 8.78 Å². The van der Waals surface area contributed by atoms with Crippen molar-refractivity contribution in [3.05, 3.63) is 22.2 Å². The van der Waals surface area contributed by atoms with Gasteiger partial charge < -0.3 is 9.64 Å². The maximum absolute atomic E-state index is 13.5. The smallest absolute Gasteiger partial charge is 0.251 e. The number of ether oxygens (including phenoxy) is 1. The maximum atomic E-state index is 13.5. The van der Waals surface area contributed by atoms with Crippen LogP contribution in [0.5, 0.6) is 5.75 Å². The number of nitrogens with zero attached hydrogens (tertiary/aromatic N) is 1. The number of alkyl halides is 2. The normalized spacial score (nSPS) is 20.4. The Hall–Kier alpha value is -1.36. The summed E-state index contributed by atoms with van der Waals surface area (Å²) in [6.07, 6.45) is 2.48. The third-order valence-electron chi connectivity index (χ3n) is 4.50. The molecule has 0 unspecified atom stereocenters. The largest absolute Gasteiger partial charge is 0.491 e. The molecule has 0 atom stereocenters. The zero-order chi connectivity index (χ0) is 16.6. The van der Waals surface area contributed by atoms with Gasteiger partial charge in [0.15, 0.2) is 12.0 Å². The minimum Gasteiger partial charge on any atom is -0.491 e. The molecule has 1 aromatic rings. The van der Waals surface area contributed by atoms with Crippen LogP contribution in [-0.4, -0.2) is 31.9 Å². The molecular formula is C17H20ClF2NO2. The first kappa shape index (κ1) is 16.5. The van der Waals surface area contributed by atoms with E-state index >= 15 is 0 Å². The Morgan fingerprint density at radius 1 is 1.39 bits per heavy atom. The van der Waals surface area contributed by atoms with E-state index in [-0.39, 0.29) is 25.9 Å². The highest BCUT2D eigenvalue weighted by atomic mass is 35.5. The molecule has 0 amide bonds. The SMILES string of the molecule is CCOc1c(C=O)cc(C2CC2)c(N2CCC(F)(F)CC2)c1Cl. The minimum atomic E-state index is -2.60. The molecule has 1 aromatic carbocycles. The topological polar surface area (TPSA) is 29.5 Å². The molecule has 1 aliphatic heterocycles. The molecule has 1 saturated carbocycles. The summed E-state index contributed by atoms with van der Waals surface area (Å²) in [4.78, 5) is 13.3. The van der Waals surface area contributed by atoms with Crippen molar-refractivity contribution in [1.82, 2.24) is 0 Å². The van der Waals surface area contributed by atoms with Gasteiger partial charge in [-0.15, -0.1) is 0 Å². The number of carbonyl (C=O) groups is 1. The van der Waals surface area contributed by atoms with E-state index in [1.807, 2.05) is 17.9 Å². The summed E-state index contributed by atoms with van der Waals surface area (Å²) >= 11 is 6.54. The quantitative estimate of drug-likeness (QED) is 0.728. The van der Waals surface area contributed by atoms with Crippen LogP contribution in [0.25, 0.3) is 0 Å². The van der Waals surface area contributed by atoms with Crippen molar-refractivity contribution in [2.75, 3.05) is 24.6 Å². The molecule has 0 spiro atoms. The number of halogens is 3. The predicted octanol–water partition coefficient (Wildman–Crippen LogP) is 4.66. The highest BCUT2D eigenvalue weighted by Gasteiger charge is 2.38. The average molecular weight is 344 g/mol. The zero-order valence-corrected chi connectivity index (χ0v) is 13.8. The van der Waals surface area contributed by atoms with Crippen molar-refractivity contribution in [3.8, 4) is 5.75 Å². The Bertz CT molecular complexity index is 607. The van der Waals surface area contributed by atoms with Gasteiger partial charge >= 0.3 is 0 Å². The summed E-state index contributed by atoms with van der Waals surface area (Å²) in [6.45, 7) is 2.73. The summed E-state index contributed by atoms with van der Waals surface area (Å²) in [5.74, 6) is -1.88. The van der Waals surface area contributed by atoms with Crippen LogP contribution in [0.2, 0.25) is 5.02 Å². The fourth-order valence-electron chi connectivity index (χ4n) is 3.13. The Kier molecular flexibility index (Phi) is 4.50. The third-order valence-corrected chi connectivity index (χ3v) is 4.85. The van der Waals surface area contributed by atoms with Crippen molar-refractivity contribution in [2.24, 2.45) is 0 Å². The fraction of sp³-hybridized carbons (Fsp3) is 0.588. The molecule has 2 fully saturated rings. The number of anilines is 1. The van der Waals surface area contributed by atoms with Crippen molar-refractivity contribution < 1.29 is 18.3 Å². The predicted molar refractivity (Wildman–Crippen MR) is 86.4 cm³/mol. The second-order valence-corrected chi connectivity index (χ2v) is 6.59. The van der Waals surface area contributed by atoms with Gasteiger partial charge in [-0.05, 0) is 37.3 Å². The van der Waals surface area contributed by atoms with E-state index in [2.05, 4.69) is 0 Å². The monoisotopic (exact) mass is 343 g/mol. The molecule has 1 heterocycles. The van der Waals surface area contributed by atoms with Crippen LogP contribution in [0.1, 0.15) is 54.4 Å². The number of hydrogen-bond donors (Lipinski definition) is 0. The van der Waals surface area contributed by atoms with Crippen LogP contribution in [0.3, 0.4) is 0 Å². The average Bonchev–Trinajstić information content (AvgIpc) is 3.34. The number of aldehydes is 1. The number of rotatable bonds is 5. The van der Waals surface area contributed by atoms with Gasteiger partial charge in [-0.1, -0.05) is 11.6 Å². The van der Waals surface area contributed by atoms with Gasteiger partial charge in [0.2, 0.25) is 0 Å². The first-order chi connectivity index (χ1) is 11.0. The lowest BCUT2D eigenvalue weighted by Crippen LogP contribution is -2.40. The fourth-order valence-corrected chi connectivity index (χ4v) is 3.52. The molecule has 126 valence electrons. The Morgan fingerprint density at radius 3 is 2.57 bits per heavy atom. The standard InChI is InChI=1S/C17H20ClF2NO2/c1-2-23-16-12(10-22)9-13(11-3-4-11)15(14(16)18)21-7-5-17(19,20)6-8-21/h9-11H,2-8H2,1H3. The molecule has 1 saturated heterocycles. The van der Waals surface area contributed by atoms with Gasteiger partial charge in [-0.3, -0.25) is 4.79 Å². The number of hydrogen-bond acceptors (Lipinski definition) is 3. The third kappa shape index (κ3) is 3.30. The van der Waals surface area contributed by atoms with Crippen molar-refractivity contribution in [2.45, 2.75) is 44.4 Å². The lowest BCUT2D eigenvalue weighted by molar-refractivity contribution is -0.0220. The van der Waals surface area contributed by atoms with Gasteiger partial charge in [-0.2, -0.15) is 0 Å². The van der Waals surface area contributed by atoms with Crippen molar-refractivity contribution in [3.63, 3.8) is 0 Å². The van der Waals surface area contributed by atoms with Gasteiger partial charge in [0.05, 0.1) is 17.9 Å². The van der Waals surface area contributed by atoms with Gasteiger partial charge in [0.25, 0.3) is 5.92 Å². The van der Waals surface area contributed by atoms with Gasteiger partial charge in [0.1, 0.15) is 5.02 Å². The lowest BCUT2D eigenvalue weighted by atomic mass is 9.99. The summed E-state index contributed by atoms with van der Waals surface area (Å²) in [6, 6.07) is 1.82. The van der Waals surface area contributed by atoms with Crippen molar-refractivity contribution in [1.29, 1.82) is 0 Å².